The smallest absolute Gasteiger partial charge is 0.222 e. The first-order valence-electron chi connectivity index (χ1n) is 20.6. The summed E-state index contributed by atoms with van der Waals surface area (Å²) in [7, 11) is 0. The van der Waals surface area contributed by atoms with E-state index in [4.69, 9.17) is 0 Å². The third-order valence-electron chi connectivity index (χ3n) is 9.48. The molecule has 278 valence electrons. The van der Waals surface area contributed by atoms with Gasteiger partial charge in [-0.05, 0) is 44.9 Å². The fourth-order valence-corrected chi connectivity index (χ4v) is 6.27. The highest BCUT2D eigenvalue weighted by atomic mass is 16.3. The van der Waals surface area contributed by atoms with E-state index in [1.807, 2.05) is 6.08 Å². The molecule has 0 aromatic heterocycles. The maximum Gasteiger partial charge on any atom is 0.222 e. The third-order valence-corrected chi connectivity index (χ3v) is 9.48. The van der Waals surface area contributed by atoms with Gasteiger partial charge in [-0.1, -0.05) is 186 Å². The van der Waals surface area contributed by atoms with E-state index in [0.29, 0.717) is 6.42 Å². The van der Waals surface area contributed by atoms with Crippen LogP contribution in [0, 0.1) is 0 Å². The minimum atomic E-state index is -0.925. The molecule has 0 spiro atoms. The molecular formula is C42H81NO4. The van der Waals surface area contributed by atoms with Crippen LogP contribution in [0.25, 0.3) is 0 Å². The van der Waals surface area contributed by atoms with Gasteiger partial charge in [0, 0.05) is 0 Å². The number of hydrogen-bond donors (Lipinski definition) is 4. The first-order valence-corrected chi connectivity index (χ1v) is 20.6. The molecule has 47 heavy (non-hydrogen) atoms. The van der Waals surface area contributed by atoms with E-state index in [1.54, 1.807) is 6.08 Å². The average molecular weight is 664 g/mol. The summed E-state index contributed by atoms with van der Waals surface area (Å²) < 4.78 is 0. The van der Waals surface area contributed by atoms with Crippen LogP contribution in [-0.4, -0.2) is 46.1 Å². The van der Waals surface area contributed by atoms with E-state index in [-0.39, 0.29) is 18.9 Å². The molecular weight excluding hydrogens is 582 g/mol. The van der Waals surface area contributed by atoms with Crippen LogP contribution in [0.3, 0.4) is 0 Å². The predicted octanol–water partition coefficient (Wildman–Crippen LogP) is 11.4. The number of aliphatic hydroxyl groups is 3. The highest BCUT2D eigenvalue weighted by molar-refractivity contribution is 5.76. The number of allylic oxidation sites excluding steroid dienone is 3. The molecule has 0 saturated heterocycles. The molecule has 0 aliphatic heterocycles. The number of hydrogen-bond acceptors (Lipinski definition) is 4. The second-order valence-corrected chi connectivity index (χ2v) is 14.2. The number of nitrogens with one attached hydrogen (secondary N) is 1. The Morgan fingerprint density at radius 2 is 0.894 bits per heavy atom. The first-order chi connectivity index (χ1) is 23.0. The Bertz CT molecular complexity index is 694. The molecule has 0 bridgehead atoms. The minimum Gasteiger partial charge on any atom is -0.394 e. The Morgan fingerprint density at radius 3 is 1.30 bits per heavy atom. The van der Waals surface area contributed by atoms with Crippen molar-refractivity contribution in [2.45, 2.75) is 231 Å². The van der Waals surface area contributed by atoms with Gasteiger partial charge >= 0.3 is 0 Å². The molecule has 3 unspecified atom stereocenters. The molecule has 0 fully saturated rings. The predicted molar refractivity (Wildman–Crippen MR) is 204 cm³/mol. The van der Waals surface area contributed by atoms with Crippen LogP contribution in [0.4, 0.5) is 0 Å². The molecule has 0 aromatic rings. The van der Waals surface area contributed by atoms with Crippen LogP contribution >= 0.6 is 0 Å². The SMILES string of the molecule is CCCCCCCCC/C=C/C(O)C(CO)NC(=O)CC(O)CCCCCCCCC/C=C\CCCCCCCCCCCCCC. The van der Waals surface area contributed by atoms with Crippen molar-refractivity contribution in [2.24, 2.45) is 0 Å². The quantitative estimate of drug-likeness (QED) is 0.0393. The lowest BCUT2D eigenvalue weighted by atomic mass is 10.0. The van der Waals surface area contributed by atoms with E-state index >= 15 is 0 Å². The van der Waals surface area contributed by atoms with Gasteiger partial charge in [-0.15, -0.1) is 0 Å². The second kappa shape index (κ2) is 37.6. The zero-order valence-corrected chi connectivity index (χ0v) is 31.4. The molecule has 0 rings (SSSR count). The second-order valence-electron chi connectivity index (χ2n) is 14.2. The summed E-state index contributed by atoms with van der Waals surface area (Å²) in [5, 5.41) is 33.0. The van der Waals surface area contributed by atoms with E-state index in [9.17, 15) is 20.1 Å². The van der Waals surface area contributed by atoms with Crippen molar-refractivity contribution in [2.75, 3.05) is 6.61 Å². The summed E-state index contributed by atoms with van der Waals surface area (Å²) in [4.78, 5) is 12.4. The maximum absolute atomic E-state index is 12.4. The van der Waals surface area contributed by atoms with Gasteiger partial charge in [-0.25, -0.2) is 0 Å². The van der Waals surface area contributed by atoms with Gasteiger partial charge in [0.15, 0.2) is 0 Å². The van der Waals surface area contributed by atoms with E-state index < -0.39 is 18.2 Å². The molecule has 1 amide bonds. The summed E-state index contributed by atoms with van der Waals surface area (Å²) in [5.74, 6) is -0.320. The Balaban J connectivity index is 3.60. The van der Waals surface area contributed by atoms with Gasteiger partial charge in [-0.2, -0.15) is 0 Å². The van der Waals surface area contributed by atoms with Gasteiger partial charge in [0.05, 0.1) is 31.3 Å². The van der Waals surface area contributed by atoms with Crippen LogP contribution in [0.1, 0.15) is 213 Å². The van der Waals surface area contributed by atoms with Gasteiger partial charge in [0.1, 0.15) is 0 Å². The van der Waals surface area contributed by atoms with Crippen molar-refractivity contribution in [1.29, 1.82) is 0 Å². The molecule has 0 aliphatic carbocycles. The number of carbonyl (C=O) groups is 1. The molecule has 5 nitrogen and oxygen atoms in total. The maximum atomic E-state index is 12.4. The van der Waals surface area contributed by atoms with Gasteiger partial charge < -0.3 is 20.6 Å². The highest BCUT2D eigenvalue weighted by Crippen LogP contribution is 2.15. The molecule has 5 heteroatoms. The monoisotopic (exact) mass is 664 g/mol. The zero-order chi connectivity index (χ0) is 34.5. The number of carbonyl (C=O) groups excluding carboxylic acids is 1. The Morgan fingerprint density at radius 1 is 0.532 bits per heavy atom. The molecule has 0 aromatic carbocycles. The molecule has 0 heterocycles. The lowest BCUT2D eigenvalue weighted by Gasteiger charge is -2.21. The Hall–Kier alpha value is -1.17. The number of aliphatic hydroxyl groups excluding tert-OH is 3. The fraction of sp³-hybridized carbons (Fsp3) is 0.881. The van der Waals surface area contributed by atoms with Crippen molar-refractivity contribution in [3.8, 4) is 0 Å². The summed E-state index contributed by atoms with van der Waals surface area (Å²) in [6.07, 6.45) is 44.7. The van der Waals surface area contributed by atoms with E-state index in [0.717, 1.165) is 25.7 Å². The highest BCUT2D eigenvalue weighted by Gasteiger charge is 2.20. The van der Waals surface area contributed by atoms with Crippen molar-refractivity contribution in [3.05, 3.63) is 24.3 Å². The number of unbranched alkanes of at least 4 members (excludes halogenated alkanes) is 26. The van der Waals surface area contributed by atoms with Crippen LogP contribution in [0.15, 0.2) is 24.3 Å². The van der Waals surface area contributed by atoms with Gasteiger partial charge in [0.2, 0.25) is 5.91 Å². The van der Waals surface area contributed by atoms with Crippen LogP contribution in [0.2, 0.25) is 0 Å². The summed E-state index contributed by atoms with van der Waals surface area (Å²) >= 11 is 0. The number of rotatable bonds is 37. The molecule has 0 aliphatic rings. The summed E-state index contributed by atoms with van der Waals surface area (Å²) in [6, 6.07) is -0.741. The normalized spacial score (nSPS) is 13.9. The van der Waals surface area contributed by atoms with Crippen molar-refractivity contribution >= 4 is 5.91 Å². The molecule has 0 radical (unpaired) electrons. The van der Waals surface area contributed by atoms with Crippen LogP contribution in [0.5, 0.6) is 0 Å². The average Bonchev–Trinajstić information content (AvgIpc) is 3.06. The summed E-state index contributed by atoms with van der Waals surface area (Å²) in [6.45, 7) is 4.18. The zero-order valence-electron chi connectivity index (χ0n) is 31.4. The van der Waals surface area contributed by atoms with Crippen molar-refractivity contribution in [1.82, 2.24) is 5.32 Å². The van der Waals surface area contributed by atoms with E-state index in [2.05, 4.69) is 31.3 Å². The minimum absolute atomic E-state index is 0.0117. The van der Waals surface area contributed by atoms with Crippen molar-refractivity contribution in [3.63, 3.8) is 0 Å². The first kappa shape index (κ1) is 45.8. The Kier molecular flexibility index (Phi) is 36.7. The Labute approximate surface area is 292 Å². The van der Waals surface area contributed by atoms with E-state index in [1.165, 1.54) is 161 Å². The summed E-state index contributed by atoms with van der Waals surface area (Å²) in [5.41, 5.74) is 0. The lowest BCUT2D eigenvalue weighted by molar-refractivity contribution is -0.124. The topological polar surface area (TPSA) is 89.8 Å². The number of amides is 1. The third kappa shape index (κ3) is 34.5. The van der Waals surface area contributed by atoms with Crippen LogP contribution < -0.4 is 5.32 Å². The molecule has 0 saturated carbocycles. The standard InChI is InChI=1S/C42H81NO4/c1-3-5-7-9-11-13-14-15-16-17-18-19-20-21-22-23-24-25-26-28-29-31-33-35-39(45)37-42(47)43-40(38-44)41(46)36-34-32-30-27-12-10-8-6-4-2/h21-22,34,36,39-41,44-46H,3-20,23-33,35,37-38H2,1-2H3,(H,43,47)/b22-21-,36-34+. The van der Waals surface area contributed by atoms with Gasteiger partial charge in [0.25, 0.3) is 0 Å². The molecule has 4 N–H and O–H groups in total. The fourth-order valence-electron chi connectivity index (χ4n) is 6.27. The largest absolute Gasteiger partial charge is 0.394 e. The van der Waals surface area contributed by atoms with Gasteiger partial charge in [-0.3, -0.25) is 4.79 Å². The van der Waals surface area contributed by atoms with Crippen LogP contribution in [-0.2, 0) is 4.79 Å². The lowest BCUT2D eigenvalue weighted by Crippen LogP contribution is -2.45. The molecule has 3 atom stereocenters. The van der Waals surface area contributed by atoms with Crippen molar-refractivity contribution < 1.29 is 20.1 Å².